The van der Waals surface area contributed by atoms with Crippen molar-refractivity contribution in [2.45, 2.75) is 39.0 Å². The minimum Gasteiger partial charge on any atom is -0.379 e. The van der Waals surface area contributed by atoms with Gasteiger partial charge in [0.2, 0.25) is 0 Å². The lowest BCUT2D eigenvalue weighted by atomic mass is 10.1. The van der Waals surface area contributed by atoms with Crippen molar-refractivity contribution in [3.05, 3.63) is 22.4 Å². The first-order chi connectivity index (χ1) is 14.2. The Morgan fingerprint density at radius 1 is 1.24 bits per heavy atom. The molecule has 0 aromatic carbocycles. The van der Waals surface area contributed by atoms with Crippen LogP contribution in [-0.4, -0.2) is 93.5 Å². The lowest BCUT2D eigenvalue weighted by Gasteiger charge is -2.37. The van der Waals surface area contributed by atoms with Gasteiger partial charge in [0.1, 0.15) is 0 Å². The summed E-state index contributed by atoms with van der Waals surface area (Å²) in [5.41, 5.74) is 0. The van der Waals surface area contributed by atoms with Gasteiger partial charge in [-0.3, -0.25) is 14.8 Å². The quantitative estimate of drug-likeness (QED) is 0.491. The maximum atomic E-state index is 5.75. The minimum absolute atomic E-state index is 0.280. The number of aliphatic imine (C=N–C) groups is 1. The molecule has 7 nitrogen and oxygen atoms in total. The van der Waals surface area contributed by atoms with Crippen LogP contribution < -0.4 is 10.6 Å². The summed E-state index contributed by atoms with van der Waals surface area (Å²) in [6.07, 6.45) is 0.280. The highest BCUT2D eigenvalue weighted by Crippen LogP contribution is 2.26. The van der Waals surface area contributed by atoms with E-state index in [1.54, 1.807) is 0 Å². The molecule has 3 unspecified atom stereocenters. The van der Waals surface area contributed by atoms with Crippen LogP contribution in [0.3, 0.4) is 0 Å². The van der Waals surface area contributed by atoms with Crippen LogP contribution in [0.5, 0.6) is 0 Å². The second-order valence-electron chi connectivity index (χ2n) is 7.81. The predicted molar refractivity (Wildman–Crippen MR) is 120 cm³/mol. The molecular weight excluding hydrogens is 386 g/mol. The third-order valence-corrected chi connectivity index (χ3v) is 6.55. The first-order valence-corrected chi connectivity index (χ1v) is 11.8. The van der Waals surface area contributed by atoms with Gasteiger partial charge in [0, 0.05) is 50.2 Å². The second kappa shape index (κ2) is 11.9. The zero-order chi connectivity index (χ0) is 20.5. The Hall–Kier alpha value is -1.19. The number of guanidine groups is 1. The number of morpholine rings is 2. The van der Waals surface area contributed by atoms with Crippen LogP contribution in [-0.2, 0) is 9.47 Å². The Morgan fingerprint density at radius 3 is 2.72 bits per heavy atom. The van der Waals surface area contributed by atoms with Crippen molar-refractivity contribution in [3.63, 3.8) is 0 Å². The van der Waals surface area contributed by atoms with Crippen LogP contribution in [0.2, 0.25) is 0 Å². The Bertz CT molecular complexity index is 606. The molecule has 2 saturated heterocycles. The SMILES string of the molecule is CCNC(=NCC(C)N1CCOCC1)NCC(c1cccs1)N1CCOC(C)C1. The maximum Gasteiger partial charge on any atom is 0.191 e. The van der Waals surface area contributed by atoms with E-state index in [9.17, 15) is 0 Å². The molecule has 164 valence electrons. The van der Waals surface area contributed by atoms with Gasteiger partial charge in [0.05, 0.1) is 38.5 Å². The molecule has 29 heavy (non-hydrogen) atoms. The van der Waals surface area contributed by atoms with E-state index in [2.05, 4.69) is 58.7 Å². The molecule has 0 amide bonds. The highest BCUT2D eigenvalue weighted by Gasteiger charge is 2.26. The van der Waals surface area contributed by atoms with Crippen molar-refractivity contribution < 1.29 is 9.47 Å². The summed E-state index contributed by atoms with van der Waals surface area (Å²) in [7, 11) is 0. The van der Waals surface area contributed by atoms with Crippen LogP contribution >= 0.6 is 11.3 Å². The molecule has 2 aliphatic rings. The van der Waals surface area contributed by atoms with E-state index in [4.69, 9.17) is 14.5 Å². The highest BCUT2D eigenvalue weighted by atomic mass is 32.1. The van der Waals surface area contributed by atoms with Crippen molar-refractivity contribution in [1.82, 2.24) is 20.4 Å². The molecule has 0 bridgehead atoms. The summed E-state index contributed by atoms with van der Waals surface area (Å²) in [4.78, 5) is 11.3. The first kappa shape index (κ1) is 22.5. The maximum absolute atomic E-state index is 5.75. The van der Waals surface area contributed by atoms with Crippen molar-refractivity contribution in [2.24, 2.45) is 4.99 Å². The van der Waals surface area contributed by atoms with E-state index in [1.165, 1.54) is 4.88 Å². The molecule has 0 spiro atoms. The minimum atomic E-state index is 0.280. The average molecular weight is 424 g/mol. The van der Waals surface area contributed by atoms with Crippen LogP contribution in [0.1, 0.15) is 31.7 Å². The molecule has 3 heterocycles. The fraction of sp³-hybridized carbons (Fsp3) is 0.762. The lowest BCUT2D eigenvalue weighted by molar-refractivity contribution is -0.0334. The van der Waals surface area contributed by atoms with E-state index in [1.807, 2.05) is 11.3 Å². The number of ether oxygens (including phenoxy) is 2. The summed E-state index contributed by atoms with van der Waals surface area (Å²) in [5, 5.41) is 9.17. The summed E-state index contributed by atoms with van der Waals surface area (Å²) in [5.74, 6) is 0.899. The van der Waals surface area contributed by atoms with E-state index in [0.717, 1.165) is 71.6 Å². The summed E-state index contributed by atoms with van der Waals surface area (Å²) in [6.45, 7) is 15.4. The molecule has 2 N–H and O–H groups in total. The summed E-state index contributed by atoms with van der Waals surface area (Å²) in [6, 6.07) is 5.13. The van der Waals surface area contributed by atoms with E-state index < -0.39 is 0 Å². The average Bonchev–Trinajstić information content (AvgIpc) is 3.27. The largest absolute Gasteiger partial charge is 0.379 e. The molecule has 0 saturated carbocycles. The molecule has 0 radical (unpaired) electrons. The van der Waals surface area contributed by atoms with E-state index >= 15 is 0 Å². The smallest absolute Gasteiger partial charge is 0.191 e. The zero-order valence-electron chi connectivity index (χ0n) is 18.1. The number of thiophene rings is 1. The second-order valence-corrected chi connectivity index (χ2v) is 8.78. The monoisotopic (exact) mass is 423 g/mol. The molecule has 3 atom stereocenters. The van der Waals surface area contributed by atoms with Crippen LogP contribution in [0, 0.1) is 0 Å². The first-order valence-electron chi connectivity index (χ1n) is 10.9. The number of nitrogens with zero attached hydrogens (tertiary/aromatic N) is 3. The fourth-order valence-electron chi connectivity index (χ4n) is 3.91. The van der Waals surface area contributed by atoms with Gasteiger partial charge < -0.3 is 20.1 Å². The zero-order valence-corrected chi connectivity index (χ0v) is 18.9. The van der Waals surface area contributed by atoms with Gasteiger partial charge in [-0.25, -0.2) is 0 Å². The third-order valence-electron chi connectivity index (χ3n) is 5.57. The molecule has 8 heteroatoms. The fourth-order valence-corrected chi connectivity index (χ4v) is 4.77. The molecule has 2 aliphatic heterocycles. The van der Waals surface area contributed by atoms with Crippen molar-refractivity contribution in [1.29, 1.82) is 0 Å². The molecule has 0 aliphatic carbocycles. The van der Waals surface area contributed by atoms with Crippen molar-refractivity contribution >= 4 is 17.3 Å². The standard InChI is InChI=1S/C21H37N5O2S/c1-4-22-21(23-14-17(2)25-7-10-27-11-8-25)24-15-19(20-6-5-13-29-20)26-9-12-28-18(3)16-26/h5-6,13,17-19H,4,7-12,14-16H2,1-3H3,(H2,22,23,24). The van der Waals surface area contributed by atoms with Gasteiger partial charge in [-0.05, 0) is 32.2 Å². The van der Waals surface area contributed by atoms with Gasteiger partial charge in [0.25, 0.3) is 0 Å². The van der Waals surface area contributed by atoms with Gasteiger partial charge in [-0.15, -0.1) is 11.3 Å². The van der Waals surface area contributed by atoms with E-state index in [-0.39, 0.29) is 6.10 Å². The number of hydrogen-bond donors (Lipinski definition) is 2. The van der Waals surface area contributed by atoms with Gasteiger partial charge in [-0.1, -0.05) is 6.07 Å². The third kappa shape index (κ3) is 6.93. The normalized spacial score (nSPS) is 24.2. The van der Waals surface area contributed by atoms with Gasteiger partial charge >= 0.3 is 0 Å². The van der Waals surface area contributed by atoms with Crippen LogP contribution in [0.4, 0.5) is 0 Å². The van der Waals surface area contributed by atoms with Crippen molar-refractivity contribution in [3.8, 4) is 0 Å². The Kier molecular flexibility index (Phi) is 9.20. The number of rotatable bonds is 8. The summed E-state index contributed by atoms with van der Waals surface area (Å²) < 4.78 is 11.2. The van der Waals surface area contributed by atoms with Crippen molar-refractivity contribution in [2.75, 3.05) is 65.6 Å². The molecular formula is C21H37N5O2S. The molecule has 1 aromatic rings. The summed E-state index contributed by atoms with van der Waals surface area (Å²) >= 11 is 1.83. The number of nitrogens with one attached hydrogen (secondary N) is 2. The Labute approximate surface area is 179 Å². The molecule has 3 rings (SSSR count). The molecule has 1 aromatic heterocycles. The van der Waals surface area contributed by atoms with E-state index in [0.29, 0.717) is 12.1 Å². The topological polar surface area (TPSA) is 61.4 Å². The predicted octanol–water partition coefficient (Wildman–Crippen LogP) is 1.79. The molecule has 2 fully saturated rings. The Morgan fingerprint density at radius 2 is 2.03 bits per heavy atom. The lowest BCUT2D eigenvalue weighted by Crippen LogP contribution is -2.48. The van der Waals surface area contributed by atoms with Crippen LogP contribution in [0.25, 0.3) is 0 Å². The Balaban J connectivity index is 1.59. The van der Waals surface area contributed by atoms with Gasteiger partial charge in [-0.2, -0.15) is 0 Å². The highest BCUT2D eigenvalue weighted by molar-refractivity contribution is 7.10. The van der Waals surface area contributed by atoms with Gasteiger partial charge in [0.15, 0.2) is 5.96 Å². The number of hydrogen-bond acceptors (Lipinski definition) is 6. The van der Waals surface area contributed by atoms with Crippen LogP contribution in [0.15, 0.2) is 22.5 Å².